The van der Waals surface area contributed by atoms with E-state index in [-0.39, 0.29) is 22.8 Å². The fraction of sp³-hybridized carbons (Fsp3) is 0.500. The summed E-state index contributed by atoms with van der Waals surface area (Å²) in [5.74, 6) is -0.585. The van der Waals surface area contributed by atoms with E-state index in [2.05, 4.69) is 5.32 Å². The molecule has 9 heteroatoms. The number of esters is 1. The average molecular weight is 371 g/mol. The van der Waals surface area contributed by atoms with Crippen molar-refractivity contribution in [1.82, 2.24) is 5.32 Å². The number of methoxy groups -OCH3 is 2. The number of hydrogen-bond acceptors (Lipinski definition) is 7. The molecule has 138 valence electrons. The van der Waals surface area contributed by atoms with E-state index in [1.54, 1.807) is 13.0 Å². The Balaban J connectivity index is 1.95. The maximum Gasteiger partial charge on any atom is 0.342 e. The minimum atomic E-state index is -3.14. The Hall–Kier alpha value is -2.29. The van der Waals surface area contributed by atoms with Crippen molar-refractivity contribution in [2.24, 2.45) is 0 Å². The van der Waals surface area contributed by atoms with Gasteiger partial charge < -0.3 is 19.5 Å². The van der Waals surface area contributed by atoms with Gasteiger partial charge >= 0.3 is 5.97 Å². The molecule has 0 saturated carbocycles. The Labute approximate surface area is 146 Å². The minimum absolute atomic E-state index is 0.0343. The van der Waals surface area contributed by atoms with Crippen molar-refractivity contribution < 1.29 is 32.2 Å². The lowest BCUT2D eigenvalue weighted by atomic mass is 10.0. The van der Waals surface area contributed by atoms with E-state index in [1.165, 1.54) is 26.4 Å². The van der Waals surface area contributed by atoms with Crippen molar-refractivity contribution in [2.75, 3.05) is 32.3 Å². The minimum Gasteiger partial charge on any atom is -0.497 e. The summed E-state index contributed by atoms with van der Waals surface area (Å²) in [4.78, 5) is 24.1. The third kappa shape index (κ3) is 4.85. The van der Waals surface area contributed by atoms with Crippen molar-refractivity contribution in [3.63, 3.8) is 0 Å². The van der Waals surface area contributed by atoms with Gasteiger partial charge in [0.2, 0.25) is 0 Å². The van der Waals surface area contributed by atoms with Crippen molar-refractivity contribution in [1.29, 1.82) is 0 Å². The van der Waals surface area contributed by atoms with E-state index in [4.69, 9.17) is 14.2 Å². The fourth-order valence-electron chi connectivity index (χ4n) is 2.66. The van der Waals surface area contributed by atoms with Crippen LogP contribution in [0, 0.1) is 0 Å². The normalized spacial score (nSPS) is 21.4. The number of sulfone groups is 1. The molecule has 0 aliphatic carbocycles. The number of benzene rings is 1. The summed E-state index contributed by atoms with van der Waals surface area (Å²) in [6, 6.07) is 4.58. The molecule has 0 unspecified atom stereocenters. The molecular formula is C16H21NO7S. The molecule has 25 heavy (non-hydrogen) atoms. The summed E-state index contributed by atoms with van der Waals surface area (Å²) in [7, 11) is -0.251. The Morgan fingerprint density at radius 2 is 1.96 bits per heavy atom. The van der Waals surface area contributed by atoms with Crippen LogP contribution in [0.15, 0.2) is 18.2 Å². The van der Waals surface area contributed by atoms with Crippen LogP contribution in [0.1, 0.15) is 23.7 Å². The maximum absolute atomic E-state index is 12.1. The quantitative estimate of drug-likeness (QED) is 0.728. The zero-order chi connectivity index (χ0) is 18.7. The lowest BCUT2D eigenvalue weighted by Crippen LogP contribution is -2.48. The van der Waals surface area contributed by atoms with Crippen molar-refractivity contribution in [3.8, 4) is 11.5 Å². The molecule has 0 radical (unpaired) electrons. The highest BCUT2D eigenvalue weighted by atomic mass is 32.2. The van der Waals surface area contributed by atoms with Crippen molar-refractivity contribution in [3.05, 3.63) is 23.8 Å². The number of carbonyl (C=O) groups is 2. The molecule has 1 heterocycles. The second kappa shape index (κ2) is 7.30. The number of ether oxygens (including phenoxy) is 3. The molecule has 2 rings (SSSR count). The van der Waals surface area contributed by atoms with Gasteiger partial charge in [0.1, 0.15) is 17.1 Å². The zero-order valence-electron chi connectivity index (χ0n) is 14.3. The van der Waals surface area contributed by atoms with E-state index in [0.717, 1.165) is 0 Å². The molecule has 0 bridgehead atoms. The SMILES string of the molecule is COc1ccc(C(=O)OCC(=O)N[C@]2(C)CCS(=O)(=O)C2)c(OC)c1. The van der Waals surface area contributed by atoms with Gasteiger partial charge in [0.15, 0.2) is 16.4 Å². The maximum atomic E-state index is 12.1. The van der Waals surface area contributed by atoms with Gasteiger partial charge in [-0.25, -0.2) is 13.2 Å². The molecule has 1 atom stereocenters. The monoisotopic (exact) mass is 371 g/mol. The summed E-state index contributed by atoms with van der Waals surface area (Å²) < 4.78 is 38.2. The largest absolute Gasteiger partial charge is 0.497 e. The van der Waals surface area contributed by atoms with Crippen LogP contribution in [0.5, 0.6) is 11.5 Å². The topological polar surface area (TPSA) is 108 Å². The summed E-state index contributed by atoms with van der Waals surface area (Å²) in [5.41, 5.74) is -0.675. The number of carbonyl (C=O) groups excluding carboxylic acids is 2. The van der Waals surface area contributed by atoms with Crippen LogP contribution in [0.2, 0.25) is 0 Å². The van der Waals surface area contributed by atoms with Gasteiger partial charge in [0.25, 0.3) is 5.91 Å². The van der Waals surface area contributed by atoms with E-state index in [9.17, 15) is 18.0 Å². The molecule has 1 aliphatic heterocycles. The van der Waals surface area contributed by atoms with Crippen LogP contribution < -0.4 is 14.8 Å². The lowest BCUT2D eigenvalue weighted by molar-refractivity contribution is -0.125. The predicted molar refractivity (Wildman–Crippen MR) is 89.6 cm³/mol. The molecule has 8 nitrogen and oxygen atoms in total. The lowest BCUT2D eigenvalue weighted by Gasteiger charge is -2.23. The summed E-state index contributed by atoms with van der Waals surface area (Å²) in [5, 5.41) is 2.62. The second-order valence-electron chi connectivity index (χ2n) is 6.09. The standard InChI is InChI=1S/C16H21NO7S/c1-16(6-7-25(20,21)10-16)17-14(18)9-24-15(19)12-5-4-11(22-2)8-13(12)23-3/h4-5,8H,6-7,9-10H2,1-3H3,(H,17,18)/t16-/m1/s1. The summed E-state index contributed by atoms with van der Waals surface area (Å²) in [6.45, 7) is 1.15. The first-order chi connectivity index (χ1) is 11.7. The van der Waals surface area contributed by atoms with Crippen molar-refractivity contribution in [2.45, 2.75) is 18.9 Å². The second-order valence-corrected chi connectivity index (χ2v) is 8.28. The smallest absolute Gasteiger partial charge is 0.342 e. The van der Waals surface area contributed by atoms with Gasteiger partial charge in [-0.2, -0.15) is 0 Å². The Bertz CT molecular complexity index is 775. The molecule has 1 amide bonds. The van der Waals surface area contributed by atoms with Gasteiger partial charge in [-0.05, 0) is 25.5 Å². The Kier molecular flexibility index (Phi) is 5.56. The molecule has 1 fully saturated rings. The van der Waals surface area contributed by atoms with Gasteiger partial charge in [-0.3, -0.25) is 4.79 Å². The Morgan fingerprint density at radius 3 is 2.52 bits per heavy atom. The van der Waals surface area contributed by atoms with Crippen LogP contribution >= 0.6 is 0 Å². The van der Waals surface area contributed by atoms with Crippen LogP contribution in [-0.2, 0) is 19.4 Å². The first kappa shape index (κ1) is 19.0. The number of amides is 1. The van der Waals surface area contributed by atoms with Crippen LogP contribution in [-0.4, -0.2) is 58.2 Å². The molecule has 1 aromatic rings. The molecule has 0 spiro atoms. The van der Waals surface area contributed by atoms with Gasteiger partial charge in [-0.1, -0.05) is 0 Å². The van der Waals surface area contributed by atoms with E-state index < -0.39 is 33.9 Å². The zero-order valence-corrected chi connectivity index (χ0v) is 15.1. The highest BCUT2D eigenvalue weighted by Gasteiger charge is 2.39. The average Bonchev–Trinajstić information content (AvgIpc) is 2.84. The van der Waals surface area contributed by atoms with Gasteiger partial charge in [0.05, 0.1) is 31.3 Å². The number of nitrogens with one attached hydrogen (secondary N) is 1. The Morgan fingerprint density at radius 1 is 1.24 bits per heavy atom. The highest BCUT2D eigenvalue weighted by Crippen LogP contribution is 2.25. The molecule has 1 N–H and O–H groups in total. The van der Waals surface area contributed by atoms with Crippen molar-refractivity contribution >= 4 is 21.7 Å². The molecule has 1 saturated heterocycles. The summed E-state index contributed by atoms with van der Waals surface area (Å²) >= 11 is 0. The first-order valence-corrected chi connectivity index (χ1v) is 9.41. The third-order valence-electron chi connectivity index (χ3n) is 3.91. The fourth-order valence-corrected chi connectivity index (χ4v) is 4.75. The van der Waals surface area contributed by atoms with E-state index in [0.29, 0.717) is 12.2 Å². The van der Waals surface area contributed by atoms with Gasteiger partial charge in [0, 0.05) is 6.07 Å². The predicted octanol–water partition coefficient (Wildman–Crippen LogP) is 0.554. The number of hydrogen-bond donors (Lipinski definition) is 1. The molecule has 1 aromatic carbocycles. The van der Waals surface area contributed by atoms with Crippen LogP contribution in [0.3, 0.4) is 0 Å². The summed E-state index contributed by atoms with van der Waals surface area (Å²) in [6.07, 6.45) is 0.335. The third-order valence-corrected chi connectivity index (χ3v) is 5.81. The van der Waals surface area contributed by atoms with E-state index in [1.807, 2.05) is 0 Å². The first-order valence-electron chi connectivity index (χ1n) is 7.59. The molecule has 1 aliphatic rings. The van der Waals surface area contributed by atoms with Gasteiger partial charge in [-0.15, -0.1) is 0 Å². The highest BCUT2D eigenvalue weighted by molar-refractivity contribution is 7.91. The molecular weight excluding hydrogens is 350 g/mol. The van der Waals surface area contributed by atoms with Crippen LogP contribution in [0.25, 0.3) is 0 Å². The number of rotatable bonds is 6. The molecule has 0 aromatic heterocycles. The van der Waals surface area contributed by atoms with Crippen LogP contribution in [0.4, 0.5) is 0 Å². The van der Waals surface area contributed by atoms with E-state index >= 15 is 0 Å².